The minimum Gasteiger partial charge on any atom is -0.481 e. The van der Waals surface area contributed by atoms with E-state index < -0.39 is 5.97 Å². The number of benzene rings is 2. The van der Waals surface area contributed by atoms with E-state index in [-0.39, 0.29) is 24.1 Å². The number of H-pyrrole nitrogens is 1. The minimum absolute atomic E-state index is 0.0285. The van der Waals surface area contributed by atoms with Crippen molar-refractivity contribution in [2.75, 3.05) is 0 Å². The smallest absolute Gasteiger partial charge is 0.305 e. The zero-order chi connectivity index (χ0) is 26.6. The Morgan fingerprint density at radius 1 is 1.05 bits per heavy atom. The molecule has 9 heteroatoms. The quantitative estimate of drug-likeness (QED) is 0.281. The average Bonchev–Trinajstić information content (AvgIpc) is 3.55. The number of aliphatic carboxylic acids is 1. The van der Waals surface area contributed by atoms with Gasteiger partial charge < -0.3 is 5.11 Å². The summed E-state index contributed by atoms with van der Waals surface area (Å²) in [4.78, 5) is 25.4. The maximum absolute atomic E-state index is 13.8. The first-order valence-electron chi connectivity index (χ1n) is 13.5. The number of hydrogen-bond acceptors (Lipinski definition) is 5. The van der Waals surface area contributed by atoms with Gasteiger partial charge in [-0.05, 0) is 59.7 Å². The van der Waals surface area contributed by atoms with Gasteiger partial charge in [0.1, 0.15) is 0 Å². The molecule has 2 atom stereocenters. The number of hydrogen-bond donors (Lipinski definition) is 2. The molecule has 0 amide bonds. The lowest BCUT2D eigenvalue weighted by Crippen LogP contribution is -2.35. The van der Waals surface area contributed by atoms with E-state index in [1.54, 1.807) is 4.68 Å². The zero-order valence-electron chi connectivity index (χ0n) is 21.9. The van der Waals surface area contributed by atoms with Gasteiger partial charge in [0.15, 0.2) is 5.82 Å². The van der Waals surface area contributed by atoms with E-state index in [1.807, 2.05) is 24.3 Å². The second-order valence-electron chi connectivity index (χ2n) is 10.2. The third-order valence-corrected chi connectivity index (χ3v) is 7.61. The van der Waals surface area contributed by atoms with Crippen LogP contribution in [0, 0.1) is 0 Å². The molecule has 5 rings (SSSR count). The maximum atomic E-state index is 13.8. The van der Waals surface area contributed by atoms with Gasteiger partial charge in [-0.2, -0.15) is 0 Å². The standard InChI is InChI=1S/C29H34N6O3/c1-3-4-5-10-26-25(29(38)35-22(18-27(36)37)16-11-19(2)34(26)35)17-20-12-14-21(15-13-20)23-8-6-7-9-24(23)28-30-32-33-31-28/h6-9,12-15,19,22H,3-5,10-11,16-18H2,1-2H3,(H,36,37)(H,30,31,32,33). The summed E-state index contributed by atoms with van der Waals surface area (Å²) in [7, 11) is 0. The minimum atomic E-state index is -0.865. The lowest BCUT2D eigenvalue weighted by molar-refractivity contribution is -0.138. The zero-order valence-corrected chi connectivity index (χ0v) is 21.9. The maximum Gasteiger partial charge on any atom is 0.305 e. The number of aromatic nitrogens is 6. The van der Waals surface area contributed by atoms with Gasteiger partial charge in [0.25, 0.3) is 5.56 Å². The van der Waals surface area contributed by atoms with Crippen LogP contribution in [0.2, 0.25) is 0 Å². The van der Waals surface area contributed by atoms with Crippen molar-refractivity contribution in [3.63, 3.8) is 0 Å². The lowest BCUT2D eigenvalue weighted by atomic mass is 9.96. The summed E-state index contributed by atoms with van der Waals surface area (Å²) < 4.78 is 3.88. The number of carbonyl (C=O) groups is 1. The Balaban J connectivity index is 1.50. The summed E-state index contributed by atoms with van der Waals surface area (Å²) in [5.41, 5.74) is 5.84. The van der Waals surface area contributed by atoms with Crippen LogP contribution in [0.5, 0.6) is 0 Å². The van der Waals surface area contributed by atoms with Crippen LogP contribution in [0.1, 0.15) is 81.3 Å². The fourth-order valence-corrected chi connectivity index (χ4v) is 5.72. The Kier molecular flexibility index (Phi) is 7.53. The molecule has 9 nitrogen and oxygen atoms in total. The summed E-state index contributed by atoms with van der Waals surface area (Å²) in [6, 6.07) is 16.1. The second-order valence-corrected chi connectivity index (χ2v) is 10.2. The molecule has 198 valence electrons. The molecule has 4 aromatic rings. The molecule has 2 unspecified atom stereocenters. The normalized spacial score (nSPS) is 16.9. The third kappa shape index (κ3) is 5.05. The van der Waals surface area contributed by atoms with Crippen LogP contribution in [0.4, 0.5) is 0 Å². The molecule has 0 saturated heterocycles. The van der Waals surface area contributed by atoms with E-state index in [9.17, 15) is 14.7 Å². The second kappa shape index (κ2) is 11.2. The highest BCUT2D eigenvalue weighted by atomic mass is 16.4. The van der Waals surface area contributed by atoms with Crippen molar-refractivity contribution >= 4 is 5.97 Å². The number of aromatic amines is 1. The van der Waals surface area contributed by atoms with E-state index in [4.69, 9.17) is 0 Å². The van der Waals surface area contributed by atoms with Crippen molar-refractivity contribution in [1.82, 2.24) is 30.0 Å². The number of carboxylic acids is 1. The molecule has 3 heterocycles. The van der Waals surface area contributed by atoms with Gasteiger partial charge in [0, 0.05) is 29.3 Å². The van der Waals surface area contributed by atoms with E-state index >= 15 is 0 Å². The van der Waals surface area contributed by atoms with Gasteiger partial charge >= 0.3 is 5.97 Å². The van der Waals surface area contributed by atoms with Crippen LogP contribution >= 0.6 is 0 Å². The van der Waals surface area contributed by atoms with Gasteiger partial charge in [-0.3, -0.25) is 14.3 Å². The van der Waals surface area contributed by atoms with Crippen LogP contribution in [0.3, 0.4) is 0 Å². The summed E-state index contributed by atoms with van der Waals surface area (Å²) in [6.07, 6.45) is 6.11. The van der Waals surface area contributed by atoms with Crippen molar-refractivity contribution < 1.29 is 9.90 Å². The lowest BCUT2D eigenvalue weighted by Gasteiger charge is -2.32. The van der Waals surface area contributed by atoms with E-state index in [2.05, 4.69) is 63.4 Å². The number of fused-ring (bicyclic) bond motifs is 1. The molecule has 2 aromatic carbocycles. The van der Waals surface area contributed by atoms with Gasteiger partial charge in [-0.25, -0.2) is 9.78 Å². The molecule has 1 aliphatic rings. The molecule has 0 fully saturated rings. The van der Waals surface area contributed by atoms with Gasteiger partial charge in [-0.15, -0.1) is 5.10 Å². The molecule has 2 aromatic heterocycles. The molecule has 0 aliphatic carbocycles. The number of unbranched alkanes of at least 4 members (excludes halogenated alkanes) is 2. The monoisotopic (exact) mass is 514 g/mol. The number of rotatable bonds is 10. The van der Waals surface area contributed by atoms with E-state index in [0.717, 1.165) is 65.6 Å². The molecular formula is C29H34N6O3. The number of tetrazole rings is 1. The Morgan fingerprint density at radius 3 is 2.50 bits per heavy atom. The summed E-state index contributed by atoms with van der Waals surface area (Å²) in [5.74, 6) is -0.255. The highest BCUT2D eigenvalue weighted by Gasteiger charge is 2.32. The number of nitrogens with one attached hydrogen (secondary N) is 1. The summed E-state index contributed by atoms with van der Waals surface area (Å²) in [5, 5.41) is 23.8. The van der Waals surface area contributed by atoms with Crippen LogP contribution in [0.25, 0.3) is 22.5 Å². The first-order valence-corrected chi connectivity index (χ1v) is 13.5. The van der Waals surface area contributed by atoms with Crippen molar-refractivity contribution in [3.8, 4) is 22.5 Å². The molecule has 0 spiro atoms. The van der Waals surface area contributed by atoms with Crippen LogP contribution in [0.15, 0.2) is 53.3 Å². The number of carboxylic acid groups (broad SMARTS) is 1. The average molecular weight is 515 g/mol. The Labute approximate surface area is 221 Å². The van der Waals surface area contributed by atoms with E-state index in [0.29, 0.717) is 18.7 Å². The highest BCUT2D eigenvalue weighted by Crippen LogP contribution is 2.33. The van der Waals surface area contributed by atoms with Crippen LogP contribution < -0.4 is 5.56 Å². The number of nitrogens with zero attached hydrogens (tertiary/aromatic N) is 5. The third-order valence-electron chi connectivity index (χ3n) is 7.61. The van der Waals surface area contributed by atoms with Crippen molar-refractivity contribution in [2.24, 2.45) is 0 Å². The van der Waals surface area contributed by atoms with Crippen molar-refractivity contribution in [2.45, 2.75) is 77.3 Å². The molecular weight excluding hydrogens is 480 g/mol. The van der Waals surface area contributed by atoms with Gasteiger partial charge in [-0.1, -0.05) is 68.3 Å². The molecule has 38 heavy (non-hydrogen) atoms. The molecule has 2 N–H and O–H groups in total. The van der Waals surface area contributed by atoms with Crippen LogP contribution in [-0.4, -0.2) is 41.1 Å². The first kappa shape index (κ1) is 25.6. The highest BCUT2D eigenvalue weighted by molar-refractivity contribution is 5.80. The summed E-state index contributed by atoms with van der Waals surface area (Å²) in [6.45, 7) is 4.31. The first-order chi connectivity index (χ1) is 18.5. The SMILES string of the molecule is CCCCCc1c(Cc2ccc(-c3ccccc3-c3nnn[nH]3)cc2)c(=O)n2n1C(C)CCC2CC(=O)O. The molecule has 0 saturated carbocycles. The fourth-order valence-electron chi connectivity index (χ4n) is 5.72. The topological polar surface area (TPSA) is 119 Å². The predicted octanol–water partition coefficient (Wildman–Crippen LogP) is 5.19. The fraction of sp³-hybridized carbons (Fsp3) is 0.414. The van der Waals surface area contributed by atoms with Gasteiger partial charge in [0.05, 0.1) is 12.5 Å². The predicted molar refractivity (Wildman–Crippen MR) is 145 cm³/mol. The molecule has 0 radical (unpaired) electrons. The Hall–Kier alpha value is -4.01. The van der Waals surface area contributed by atoms with Crippen LogP contribution in [-0.2, 0) is 17.6 Å². The van der Waals surface area contributed by atoms with Crippen molar-refractivity contribution in [3.05, 3.63) is 75.7 Å². The Bertz CT molecular complexity index is 1450. The molecule has 0 bridgehead atoms. The van der Waals surface area contributed by atoms with E-state index in [1.165, 1.54) is 0 Å². The molecule has 1 aliphatic heterocycles. The summed E-state index contributed by atoms with van der Waals surface area (Å²) >= 11 is 0. The largest absolute Gasteiger partial charge is 0.481 e. The van der Waals surface area contributed by atoms with Gasteiger partial charge in [0.2, 0.25) is 0 Å². The Morgan fingerprint density at radius 2 is 1.82 bits per heavy atom. The van der Waals surface area contributed by atoms with Crippen molar-refractivity contribution in [1.29, 1.82) is 0 Å².